The van der Waals surface area contributed by atoms with Crippen molar-refractivity contribution >= 4 is 0 Å². The Kier molecular flexibility index (Phi) is 2.85. The molecule has 2 heterocycles. The van der Waals surface area contributed by atoms with Crippen molar-refractivity contribution < 1.29 is 14.2 Å². The van der Waals surface area contributed by atoms with Crippen LogP contribution < -0.4 is 9.47 Å². The van der Waals surface area contributed by atoms with Crippen molar-refractivity contribution in [3.05, 3.63) is 23.8 Å². The van der Waals surface area contributed by atoms with Crippen LogP contribution in [0.1, 0.15) is 12.0 Å². The fourth-order valence-corrected chi connectivity index (χ4v) is 2.26. The molecule has 1 saturated heterocycles. The molecular formula is C14H15NO3. The third-order valence-corrected chi connectivity index (χ3v) is 3.35. The van der Waals surface area contributed by atoms with Gasteiger partial charge in [-0.15, -0.1) is 0 Å². The van der Waals surface area contributed by atoms with E-state index in [2.05, 4.69) is 6.07 Å². The summed E-state index contributed by atoms with van der Waals surface area (Å²) in [5.41, 5.74) is 0.754. The Morgan fingerprint density at radius 1 is 1.17 bits per heavy atom. The average Bonchev–Trinajstić information content (AvgIpc) is 2.58. The lowest BCUT2D eigenvalue weighted by Crippen LogP contribution is -2.43. The molecule has 0 unspecified atom stereocenters. The van der Waals surface area contributed by atoms with Crippen molar-refractivity contribution in [1.82, 2.24) is 0 Å². The van der Waals surface area contributed by atoms with E-state index in [4.69, 9.17) is 14.2 Å². The lowest BCUT2D eigenvalue weighted by Gasteiger charge is -2.35. The van der Waals surface area contributed by atoms with E-state index >= 15 is 0 Å². The molecule has 0 aliphatic carbocycles. The number of rotatable bonds is 2. The molecule has 0 atom stereocenters. The first-order valence-electron chi connectivity index (χ1n) is 6.19. The Morgan fingerprint density at radius 3 is 2.61 bits per heavy atom. The fourth-order valence-electron chi connectivity index (χ4n) is 2.26. The summed E-state index contributed by atoms with van der Waals surface area (Å²) in [5.74, 6) is 1.59. The second kappa shape index (κ2) is 4.51. The van der Waals surface area contributed by atoms with Gasteiger partial charge in [-0.2, -0.15) is 5.26 Å². The standard InChI is InChI=1S/C14H15NO3/c15-8-14(9-16-10-14)7-11-2-3-12-13(6-11)18-5-1-4-17-12/h2-3,6H,1,4-5,7,9-10H2. The second-order valence-electron chi connectivity index (χ2n) is 4.89. The van der Waals surface area contributed by atoms with Crippen molar-refractivity contribution in [2.45, 2.75) is 12.8 Å². The van der Waals surface area contributed by atoms with Gasteiger partial charge in [0, 0.05) is 6.42 Å². The van der Waals surface area contributed by atoms with Gasteiger partial charge >= 0.3 is 0 Å². The number of hydrogen-bond donors (Lipinski definition) is 0. The zero-order valence-corrected chi connectivity index (χ0v) is 10.1. The second-order valence-corrected chi connectivity index (χ2v) is 4.89. The van der Waals surface area contributed by atoms with Crippen LogP contribution in [-0.4, -0.2) is 26.4 Å². The topological polar surface area (TPSA) is 51.5 Å². The number of fused-ring (bicyclic) bond motifs is 1. The molecule has 94 valence electrons. The van der Waals surface area contributed by atoms with E-state index in [9.17, 15) is 5.26 Å². The maximum atomic E-state index is 9.20. The van der Waals surface area contributed by atoms with Gasteiger partial charge in [0.1, 0.15) is 5.41 Å². The third kappa shape index (κ3) is 2.02. The maximum absolute atomic E-state index is 9.20. The maximum Gasteiger partial charge on any atom is 0.161 e. The van der Waals surface area contributed by atoms with Gasteiger partial charge in [-0.1, -0.05) is 6.07 Å². The lowest BCUT2D eigenvalue weighted by atomic mass is 9.81. The Bertz CT molecular complexity index is 488. The van der Waals surface area contributed by atoms with Gasteiger partial charge in [-0.25, -0.2) is 0 Å². The Balaban J connectivity index is 1.81. The van der Waals surface area contributed by atoms with Crippen LogP contribution >= 0.6 is 0 Å². The number of benzene rings is 1. The van der Waals surface area contributed by atoms with Gasteiger partial charge in [0.2, 0.25) is 0 Å². The molecule has 0 amide bonds. The van der Waals surface area contributed by atoms with Crippen LogP contribution in [-0.2, 0) is 11.2 Å². The number of hydrogen-bond acceptors (Lipinski definition) is 4. The molecule has 0 aromatic heterocycles. The monoisotopic (exact) mass is 245 g/mol. The zero-order valence-electron chi connectivity index (χ0n) is 10.1. The van der Waals surface area contributed by atoms with Crippen LogP contribution in [0.5, 0.6) is 11.5 Å². The lowest BCUT2D eigenvalue weighted by molar-refractivity contribution is -0.0765. The molecule has 0 bridgehead atoms. The minimum absolute atomic E-state index is 0.347. The van der Waals surface area contributed by atoms with Gasteiger partial charge in [0.05, 0.1) is 32.5 Å². The molecule has 1 aromatic rings. The van der Waals surface area contributed by atoms with Crippen molar-refractivity contribution in [2.24, 2.45) is 5.41 Å². The van der Waals surface area contributed by atoms with Crippen LogP contribution in [0.4, 0.5) is 0 Å². The molecule has 0 saturated carbocycles. The van der Waals surface area contributed by atoms with E-state index < -0.39 is 0 Å². The molecule has 1 aromatic carbocycles. The highest BCUT2D eigenvalue weighted by atomic mass is 16.5. The molecule has 0 N–H and O–H groups in total. The van der Waals surface area contributed by atoms with Crippen molar-refractivity contribution in [2.75, 3.05) is 26.4 Å². The van der Waals surface area contributed by atoms with E-state index in [0.29, 0.717) is 32.8 Å². The number of nitrogens with zero attached hydrogens (tertiary/aromatic N) is 1. The average molecular weight is 245 g/mol. The summed E-state index contributed by atoms with van der Waals surface area (Å²) >= 11 is 0. The molecule has 3 rings (SSSR count). The molecular weight excluding hydrogens is 230 g/mol. The fraction of sp³-hybridized carbons (Fsp3) is 0.500. The molecule has 4 heteroatoms. The van der Waals surface area contributed by atoms with Gasteiger partial charge in [-0.05, 0) is 24.1 Å². The summed E-state index contributed by atoms with van der Waals surface area (Å²) in [6.07, 6.45) is 1.61. The highest BCUT2D eigenvalue weighted by Crippen LogP contribution is 2.35. The minimum atomic E-state index is -0.347. The summed E-state index contributed by atoms with van der Waals surface area (Å²) in [5, 5.41) is 9.20. The molecule has 2 aliphatic heterocycles. The van der Waals surface area contributed by atoms with E-state index in [-0.39, 0.29) is 5.41 Å². The highest BCUT2D eigenvalue weighted by molar-refractivity contribution is 5.44. The van der Waals surface area contributed by atoms with Crippen molar-refractivity contribution in [3.63, 3.8) is 0 Å². The van der Waals surface area contributed by atoms with Crippen LogP contribution in [0.15, 0.2) is 18.2 Å². The SMILES string of the molecule is N#CC1(Cc2ccc3c(c2)OCCCO3)COC1. The van der Waals surface area contributed by atoms with Crippen LogP contribution in [0.3, 0.4) is 0 Å². The van der Waals surface area contributed by atoms with Crippen molar-refractivity contribution in [1.29, 1.82) is 5.26 Å². The molecule has 2 aliphatic rings. The van der Waals surface area contributed by atoms with E-state index in [1.54, 1.807) is 0 Å². The smallest absolute Gasteiger partial charge is 0.161 e. The van der Waals surface area contributed by atoms with Crippen LogP contribution in [0, 0.1) is 16.7 Å². The highest BCUT2D eigenvalue weighted by Gasteiger charge is 2.39. The summed E-state index contributed by atoms with van der Waals surface area (Å²) in [7, 11) is 0. The van der Waals surface area contributed by atoms with E-state index in [1.165, 1.54) is 0 Å². The molecule has 0 spiro atoms. The molecule has 18 heavy (non-hydrogen) atoms. The summed E-state index contributed by atoms with van der Waals surface area (Å²) in [4.78, 5) is 0. The molecule has 1 fully saturated rings. The number of ether oxygens (including phenoxy) is 3. The first kappa shape index (κ1) is 11.4. The molecule has 0 radical (unpaired) electrons. The van der Waals surface area contributed by atoms with Gasteiger partial charge in [-0.3, -0.25) is 0 Å². The van der Waals surface area contributed by atoms with Crippen LogP contribution in [0.2, 0.25) is 0 Å². The third-order valence-electron chi connectivity index (χ3n) is 3.35. The van der Waals surface area contributed by atoms with Gasteiger partial charge in [0.25, 0.3) is 0 Å². The summed E-state index contributed by atoms with van der Waals surface area (Å²) in [6, 6.07) is 8.28. The van der Waals surface area contributed by atoms with E-state index in [1.807, 2.05) is 18.2 Å². The summed E-state index contributed by atoms with van der Waals surface area (Å²) in [6.45, 7) is 2.43. The predicted octanol–water partition coefficient (Wildman–Crippen LogP) is 1.93. The zero-order chi connectivity index (χ0) is 12.4. The Morgan fingerprint density at radius 2 is 1.94 bits per heavy atom. The summed E-state index contributed by atoms with van der Waals surface area (Å²) < 4.78 is 16.4. The van der Waals surface area contributed by atoms with Crippen molar-refractivity contribution in [3.8, 4) is 17.6 Å². The Labute approximate surface area is 106 Å². The molecule has 4 nitrogen and oxygen atoms in total. The quantitative estimate of drug-likeness (QED) is 0.799. The van der Waals surface area contributed by atoms with Gasteiger partial charge in [0.15, 0.2) is 11.5 Å². The van der Waals surface area contributed by atoms with Gasteiger partial charge < -0.3 is 14.2 Å². The first-order valence-corrected chi connectivity index (χ1v) is 6.19. The van der Waals surface area contributed by atoms with Crippen LogP contribution in [0.25, 0.3) is 0 Å². The largest absolute Gasteiger partial charge is 0.490 e. The van der Waals surface area contributed by atoms with E-state index in [0.717, 1.165) is 23.5 Å². The minimum Gasteiger partial charge on any atom is -0.490 e. The Hall–Kier alpha value is -1.73. The normalized spacial score (nSPS) is 20.4. The predicted molar refractivity (Wildman–Crippen MR) is 64.6 cm³/mol. The first-order chi connectivity index (χ1) is 8.81. The number of nitriles is 1.